The Morgan fingerprint density at radius 2 is 1.89 bits per heavy atom. The van der Waals surface area contributed by atoms with E-state index in [9.17, 15) is 13.5 Å². The van der Waals surface area contributed by atoms with Gasteiger partial charge in [-0.3, -0.25) is 0 Å². The maximum absolute atomic E-state index is 12.9. The molecule has 0 radical (unpaired) electrons. The third-order valence-electron chi connectivity index (χ3n) is 5.72. The number of halogens is 1. The topological polar surface area (TPSA) is 106 Å². The largest absolute Gasteiger partial charge is 0.503 e. The van der Waals surface area contributed by atoms with Gasteiger partial charge in [0.2, 0.25) is 14.8 Å². The number of phenolic OH excluding ortho intramolecular Hbond substituents is 1. The molecule has 1 N–H and O–H groups in total. The first-order valence-corrected chi connectivity index (χ1v) is 15.4. The van der Waals surface area contributed by atoms with Crippen molar-refractivity contribution in [3.63, 3.8) is 0 Å². The van der Waals surface area contributed by atoms with E-state index in [0.29, 0.717) is 52.6 Å². The summed E-state index contributed by atoms with van der Waals surface area (Å²) in [7, 11) is -2.10. The first kappa shape index (κ1) is 26.8. The maximum Gasteiger partial charge on any atom is 0.243 e. The highest BCUT2D eigenvalue weighted by Gasteiger charge is 2.26. The highest BCUT2D eigenvalue weighted by molar-refractivity contribution is 9.10. The number of aromatic nitrogens is 1. The number of ether oxygens (including phenoxy) is 2. The minimum Gasteiger partial charge on any atom is -0.503 e. The number of phenols is 1. The Hall–Kier alpha value is -2.81. The predicted octanol–water partition coefficient (Wildman–Crippen LogP) is 4.89. The number of sulfonamides is 1. The molecule has 0 amide bonds. The SMILES string of the molecule is COc1cc(C=Nn2c(-c3cccs3)csc2=Nc2ccc(S(=O)(=O)N3CCOCC3)cc2)cc(Br)c1O. The summed E-state index contributed by atoms with van der Waals surface area (Å²) in [6, 6.07) is 13.9. The van der Waals surface area contributed by atoms with E-state index in [4.69, 9.17) is 19.6 Å². The third-order valence-corrected chi connectivity index (χ3v) is 9.95. The van der Waals surface area contributed by atoms with E-state index in [1.807, 2.05) is 22.9 Å². The van der Waals surface area contributed by atoms with E-state index < -0.39 is 10.0 Å². The number of rotatable bonds is 7. The van der Waals surface area contributed by atoms with Crippen LogP contribution in [0.1, 0.15) is 5.56 Å². The van der Waals surface area contributed by atoms with E-state index in [-0.39, 0.29) is 10.6 Å². The molecule has 198 valence electrons. The number of thiazole rings is 1. The highest BCUT2D eigenvalue weighted by Crippen LogP contribution is 2.35. The summed E-state index contributed by atoms with van der Waals surface area (Å²) in [6.07, 6.45) is 1.66. The van der Waals surface area contributed by atoms with Crippen LogP contribution in [0.4, 0.5) is 5.69 Å². The molecule has 5 rings (SSSR count). The van der Waals surface area contributed by atoms with Crippen LogP contribution in [-0.4, -0.2) is 62.1 Å². The van der Waals surface area contributed by atoms with Crippen molar-refractivity contribution in [1.82, 2.24) is 8.98 Å². The molecule has 0 aliphatic carbocycles. The minimum absolute atomic E-state index is 0.0156. The van der Waals surface area contributed by atoms with Gasteiger partial charge < -0.3 is 14.6 Å². The van der Waals surface area contributed by atoms with Gasteiger partial charge in [-0.1, -0.05) is 6.07 Å². The molecule has 2 aromatic carbocycles. The quantitative estimate of drug-likeness (QED) is 0.291. The number of morpholine rings is 1. The molecule has 0 spiro atoms. The van der Waals surface area contributed by atoms with E-state index >= 15 is 0 Å². The number of benzene rings is 2. The Morgan fingerprint density at radius 3 is 2.58 bits per heavy atom. The molecule has 0 bridgehead atoms. The van der Waals surface area contributed by atoms with Gasteiger partial charge in [0, 0.05) is 18.5 Å². The van der Waals surface area contributed by atoms with Crippen molar-refractivity contribution in [2.75, 3.05) is 33.4 Å². The van der Waals surface area contributed by atoms with Crippen LogP contribution in [0.25, 0.3) is 10.6 Å². The van der Waals surface area contributed by atoms with Crippen molar-refractivity contribution in [1.29, 1.82) is 0 Å². The number of nitrogens with zero attached hydrogens (tertiary/aromatic N) is 4. The maximum atomic E-state index is 12.9. The van der Waals surface area contributed by atoms with Gasteiger partial charge in [-0.05, 0) is 69.3 Å². The Labute approximate surface area is 236 Å². The molecule has 0 unspecified atom stereocenters. The van der Waals surface area contributed by atoms with Crippen molar-refractivity contribution < 1.29 is 23.0 Å². The van der Waals surface area contributed by atoms with Crippen LogP contribution in [0.5, 0.6) is 11.5 Å². The van der Waals surface area contributed by atoms with Gasteiger partial charge in [0.1, 0.15) is 0 Å². The summed E-state index contributed by atoms with van der Waals surface area (Å²) in [5.41, 5.74) is 2.19. The van der Waals surface area contributed by atoms with Gasteiger partial charge in [-0.15, -0.1) is 22.7 Å². The Kier molecular flexibility index (Phi) is 8.12. The first-order chi connectivity index (χ1) is 18.4. The van der Waals surface area contributed by atoms with Crippen LogP contribution in [-0.2, 0) is 14.8 Å². The fraction of sp³-hybridized carbons (Fsp3) is 0.200. The van der Waals surface area contributed by atoms with Crippen LogP contribution in [0.3, 0.4) is 0 Å². The van der Waals surface area contributed by atoms with Crippen LogP contribution in [0.2, 0.25) is 0 Å². The van der Waals surface area contributed by atoms with Crippen molar-refractivity contribution >= 4 is 60.5 Å². The van der Waals surface area contributed by atoms with Crippen LogP contribution >= 0.6 is 38.6 Å². The number of methoxy groups -OCH3 is 1. The van der Waals surface area contributed by atoms with Crippen LogP contribution in [0, 0.1) is 0 Å². The zero-order valence-electron chi connectivity index (χ0n) is 20.2. The molecule has 9 nitrogen and oxygen atoms in total. The van der Waals surface area contributed by atoms with Crippen molar-refractivity contribution in [2.24, 2.45) is 10.1 Å². The van der Waals surface area contributed by atoms with Crippen LogP contribution < -0.4 is 9.54 Å². The first-order valence-electron chi connectivity index (χ1n) is 11.4. The van der Waals surface area contributed by atoms with Crippen molar-refractivity contribution in [3.8, 4) is 22.1 Å². The number of hydrogen-bond acceptors (Lipinski definition) is 9. The molecule has 0 saturated carbocycles. The second-order valence-electron chi connectivity index (χ2n) is 8.11. The summed E-state index contributed by atoms with van der Waals surface area (Å²) in [5.74, 6) is 0.341. The molecule has 13 heteroatoms. The number of thiophene rings is 1. The smallest absolute Gasteiger partial charge is 0.243 e. The van der Waals surface area contributed by atoms with Gasteiger partial charge in [-0.25, -0.2) is 18.1 Å². The number of hydrogen-bond donors (Lipinski definition) is 1. The zero-order chi connectivity index (χ0) is 26.7. The van der Waals surface area contributed by atoms with Gasteiger partial charge in [0.05, 0.1) is 52.2 Å². The summed E-state index contributed by atoms with van der Waals surface area (Å²) >= 11 is 6.36. The standard InChI is InChI=1S/C25H23BrN4O5S3/c1-34-22-14-17(13-20(26)24(22)31)15-27-30-21(23-3-2-12-36-23)16-37-25(30)28-18-4-6-19(7-5-18)38(32,33)29-8-10-35-11-9-29/h2-7,12-16,31H,8-11H2,1H3. The molecule has 1 saturated heterocycles. The molecular formula is C25H23BrN4O5S3. The van der Waals surface area contributed by atoms with E-state index in [0.717, 1.165) is 10.6 Å². The molecule has 38 heavy (non-hydrogen) atoms. The van der Waals surface area contributed by atoms with Crippen molar-refractivity contribution in [3.05, 3.63) is 74.1 Å². The summed E-state index contributed by atoms with van der Waals surface area (Å²) in [6.45, 7) is 1.48. The molecule has 1 aliphatic rings. The monoisotopic (exact) mass is 634 g/mol. The average molecular weight is 636 g/mol. The molecule has 1 aliphatic heterocycles. The molecule has 4 aromatic rings. The lowest BCUT2D eigenvalue weighted by Crippen LogP contribution is -2.40. The highest BCUT2D eigenvalue weighted by atomic mass is 79.9. The third kappa shape index (κ3) is 5.63. The predicted molar refractivity (Wildman–Crippen MR) is 152 cm³/mol. The Bertz CT molecular complexity index is 1620. The molecule has 3 heterocycles. The fourth-order valence-electron chi connectivity index (χ4n) is 3.77. The lowest BCUT2D eigenvalue weighted by atomic mass is 10.2. The second kappa shape index (κ2) is 11.5. The van der Waals surface area contributed by atoms with Crippen molar-refractivity contribution in [2.45, 2.75) is 4.90 Å². The van der Waals surface area contributed by atoms with E-state index in [1.165, 1.54) is 22.8 Å². The summed E-state index contributed by atoms with van der Waals surface area (Å²) < 4.78 is 40.1. The fourth-order valence-corrected chi connectivity index (χ4v) is 7.29. The Morgan fingerprint density at radius 1 is 1.13 bits per heavy atom. The van der Waals surface area contributed by atoms with Gasteiger partial charge in [0.25, 0.3) is 0 Å². The van der Waals surface area contributed by atoms with E-state index in [1.54, 1.807) is 58.6 Å². The second-order valence-corrected chi connectivity index (χ2v) is 12.7. The van der Waals surface area contributed by atoms with E-state index in [2.05, 4.69) is 15.9 Å². The Balaban J connectivity index is 1.51. The molecule has 2 aromatic heterocycles. The van der Waals surface area contributed by atoms with Gasteiger partial charge >= 0.3 is 0 Å². The lowest BCUT2D eigenvalue weighted by Gasteiger charge is -2.26. The van der Waals surface area contributed by atoms with Gasteiger partial charge in [-0.2, -0.15) is 9.41 Å². The summed E-state index contributed by atoms with van der Waals surface area (Å²) in [5, 5.41) is 18.8. The summed E-state index contributed by atoms with van der Waals surface area (Å²) in [4.78, 5) is 6.61. The average Bonchev–Trinajstić information content (AvgIpc) is 3.60. The van der Waals surface area contributed by atoms with Gasteiger partial charge in [0.15, 0.2) is 11.5 Å². The molecule has 0 atom stereocenters. The minimum atomic E-state index is -3.58. The lowest BCUT2D eigenvalue weighted by molar-refractivity contribution is 0.0730. The molecule has 1 fully saturated rings. The number of aromatic hydroxyl groups is 1. The van der Waals surface area contributed by atoms with Crippen LogP contribution in [0.15, 0.2) is 78.8 Å². The molecular weight excluding hydrogens is 612 g/mol. The zero-order valence-corrected chi connectivity index (χ0v) is 24.2. The normalized spacial score (nSPS) is 15.4.